The lowest BCUT2D eigenvalue weighted by atomic mass is 9.86. The first-order chi connectivity index (χ1) is 11.9. The minimum atomic E-state index is -0.815. The number of carbonyl (C=O) groups excluding carboxylic acids is 2. The van der Waals surface area contributed by atoms with E-state index in [0.717, 1.165) is 30.4 Å². The highest BCUT2D eigenvalue weighted by Crippen LogP contribution is 2.23. The molecule has 1 aromatic carbocycles. The van der Waals surface area contributed by atoms with E-state index in [9.17, 15) is 9.59 Å². The fourth-order valence-corrected chi connectivity index (χ4v) is 3.06. The summed E-state index contributed by atoms with van der Waals surface area (Å²) >= 11 is 0. The Balaban J connectivity index is 1.76. The van der Waals surface area contributed by atoms with Crippen molar-refractivity contribution in [2.24, 2.45) is 5.92 Å². The number of hydrogen-bond donors (Lipinski definition) is 1. The van der Waals surface area contributed by atoms with Gasteiger partial charge in [-0.3, -0.25) is 4.79 Å². The SMILES string of the molecule is Cc1ccc(OCC(=O)O[C@@H](C)C(=O)N[C@H]2CCCC[C@@H]2C)cc1C. The van der Waals surface area contributed by atoms with E-state index >= 15 is 0 Å². The van der Waals surface area contributed by atoms with Gasteiger partial charge in [0.2, 0.25) is 0 Å². The summed E-state index contributed by atoms with van der Waals surface area (Å²) < 4.78 is 10.6. The molecule has 2 rings (SSSR count). The molecule has 0 unspecified atom stereocenters. The van der Waals surface area contributed by atoms with Gasteiger partial charge in [0.05, 0.1) is 0 Å². The highest BCUT2D eigenvalue weighted by Gasteiger charge is 2.26. The molecule has 1 aliphatic rings. The summed E-state index contributed by atoms with van der Waals surface area (Å²) in [7, 11) is 0. The van der Waals surface area contributed by atoms with Crippen molar-refractivity contribution in [1.29, 1.82) is 0 Å². The monoisotopic (exact) mass is 347 g/mol. The molecule has 1 saturated carbocycles. The maximum Gasteiger partial charge on any atom is 0.344 e. The van der Waals surface area contributed by atoms with Crippen molar-refractivity contribution in [3.63, 3.8) is 0 Å². The van der Waals surface area contributed by atoms with Gasteiger partial charge in [0, 0.05) is 6.04 Å². The number of nitrogens with one attached hydrogen (secondary N) is 1. The van der Waals surface area contributed by atoms with Crippen molar-refractivity contribution in [2.45, 2.75) is 65.5 Å². The number of rotatable bonds is 6. The molecule has 0 heterocycles. The number of benzene rings is 1. The molecule has 1 aliphatic carbocycles. The molecule has 25 heavy (non-hydrogen) atoms. The molecule has 5 nitrogen and oxygen atoms in total. The Morgan fingerprint density at radius 2 is 1.92 bits per heavy atom. The third-order valence-corrected chi connectivity index (χ3v) is 4.95. The maximum atomic E-state index is 12.2. The molecule has 0 bridgehead atoms. The van der Waals surface area contributed by atoms with Gasteiger partial charge in [-0.15, -0.1) is 0 Å². The zero-order chi connectivity index (χ0) is 18.4. The predicted molar refractivity (Wildman–Crippen MR) is 96.5 cm³/mol. The van der Waals surface area contributed by atoms with Crippen molar-refractivity contribution < 1.29 is 19.1 Å². The third kappa shape index (κ3) is 5.76. The lowest BCUT2D eigenvalue weighted by Gasteiger charge is -2.30. The number of amides is 1. The van der Waals surface area contributed by atoms with Gasteiger partial charge in [-0.05, 0) is 62.8 Å². The van der Waals surface area contributed by atoms with Gasteiger partial charge in [0.1, 0.15) is 5.75 Å². The molecule has 1 aromatic rings. The molecule has 0 saturated heterocycles. The first-order valence-electron chi connectivity index (χ1n) is 9.06. The fraction of sp³-hybridized carbons (Fsp3) is 0.600. The van der Waals surface area contributed by atoms with E-state index in [1.54, 1.807) is 6.92 Å². The molecule has 1 fully saturated rings. The van der Waals surface area contributed by atoms with Crippen molar-refractivity contribution in [3.05, 3.63) is 29.3 Å². The van der Waals surface area contributed by atoms with Crippen LogP contribution in [0.3, 0.4) is 0 Å². The molecule has 1 amide bonds. The van der Waals surface area contributed by atoms with Gasteiger partial charge < -0.3 is 14.8 Å². The fourth-order valence-electron chi connectivity index (χ4n) is 3.06. The first-order valence-corrected chi connectivity index (χ1v) is 9.06. The van der Waals surface area contributed by atoms with Crippen LogP contribution in [-0.4, -0.2) is 30.6 Å². The largest absolute Gasteiger partial charge is 0.482 e. The van der Waals surface area contributed by atoms with Crippen LogP contribution in [0.15, 0.2) is 18.2 Å². The van der Waals surface area contributed by atoms with E-state index in [-0.39, 0.29) is 18.6 Å². The Morgan fingerprint density at radius 1 is 1.20 bits per heavy atom. The van der Waals surface area contributed by atoms with Gasteiger partial charge in [0.25, 0.3) is 5.91 Å². The van der Waals surface area contributed by atoms with Gasteiger partial charge in [-0.1, -0.05) is 25.8 Å². The van der Waals surface area contributed by atoms with Crippen LogP contribution >= 0.6 is 0 Å². The average Bonchev–Trinajstić information content (AvgIpc) is 2.58. The van der Waals surface area contributed by atoms with Crippen LogP contribution in [0.2, 0.25) is 0 Å². The van der Waals surface area contributed by atoms with E-state index in [2.05, 4.69) is 12.2 Å². The zero-order valence-corrected chi connectivity index (χ0v) is 15.6. The number of carbonyl (C=O) groups is 2. The van der Waals surface area contributed by atoms with E-state index in [4.69, 9.17) is 9.47 Å². The Bertz CT molecular complexity index is 614. The normalized spacial score (nSPS) is 21.3. The molecule has 1 N–H and O–H groups in total. The van der Waals surface area contributed by atoms with Gasteiger partial charge in [-0.2, -0.15) is 0 Å². The molecular formula is C20H29NO4. The lowest BCUT2D eigenvalue weighted by molar-refractivity contribution is -0.157. The Hall–Kier alpha value is -2.04. The predicted octanol–water partition coefficient (Wildman–Crippen LogP) is 3.31. The third-order valence-electron chi connectivity index (χ3n) is 4.95. The van der Waals surface area contributed by atoms with Gasteiger partial charge >= 0.3 is 5.97 Å². The van der Waals surface area contributed by atoms with Crippen molar-refractivity contribution in [2.75, 3.05) is 6.61 Å². The van der Waals surface area contributed by atoms with Gasteiger partial charge in [0.15, 0.2) is 12.7 Å². The van der Waals surface area contributed by atoms with Crippen LogP contribution in [0.5, 0.6) is 5.75 Å². The summed E-state index contributed by atoms with van der Waals surface area (Å²) in [6, 6.07) is 5.81. The summed E-state index contributed by atoms with van der Waals surface area (Å²) in [6.07, 6.45) is 3.65. The number of hydrogen-bond acceptors (Lipinski definition) is 4. The topological polar surface area (TPSA) is 64.6 Å². The molecule has 0 aromatic heterocycles. The molecule has 0 radical (unpaired) electrons. The number of esters is 1. The van der Waals surface area contributed by atoms with Crippen LogP contribution in [0, 0.1) is 19.8 Å². The number of aryl methyl sites for hydroxylation is 2. The summed E-state index contributed by atoms with van der Waals surface area (Å²) in [5.74, 6) is 0.303. The van der Waals surface area contributed by atoms with Crippen LogP contribution in [0.1, 0.15) is 50.7 Å². The van der Waals surface area contributed by atoms with E-state index < -0.39 is 12.1 Å². The highest BCUT2D eigenvalue weighted by atomic mass is 16.6. The second kappa shape index (κ2) is 8.88. The molecule has 3 atom stereocenters. The Morgan fingerprint density at radius 3 is 2.60 bits per heavy atom. The quantitative estimate of drug-likeness (QED) is 0.802. The second-order valence-electron chi connectivity index (χ2n) is 7.04. The molecule has 0 aliphatic heterocycles. The van der Waals surface area contributed by atoms with E-state index in [0.29, 0.717) is 11.7 Å². The molecule has 5 heteroatoms. The second-order valence-corrected chi connectivity index (χ2v) is 7.04. The van der Waals surface area contributed by atoms with Crippen LogP contribution < -0.4 is 10.1 Å². The van der Waals surface area contributed by atoms with Crippen molar-refractivity contribution in [1.82, 2.24) is 5.32 Å². The standard InChI is InChI=1S/C20H29NO4/c1-13-9-10-17(11-15(13)3)24-12-19(22)25-16(4)20(23)21-18-8-6-5-7-14(18)2/h9-11,14,16,18H,5-8,12H2,1-4H3,(H,21,23)/t14-,16-,18-/m0/s1. The summed E-state index contributed by atoms with van der Waals surface area (Å²) in [4.78, 5) is 24.1. The molecular weight excluding hydrogens is 318 g/mol. The Labute approximate surface area is 150 Å². The van der Waals surface area contributed by atoms with Gasteiger partial charge in [-0.25, -0.2) is 4.79 Å². The van der Waals surface area contributed by atoms with Crippen LogP contribution in [0.4, 0.5) is 0 Å². The first kappa shape index (κ1) is 19.3. The van der Waals surface area contributed by atoms with Crippen LogP contribution in [0.25, 0.3) is 0 Å². The Kier molecular flexibility index (Phi) is 6.85. The summed E-state index contributed by atoms with van der Waals surface area (Å²) in [5, 5.41) is 3.00. The lowest BCUT2D eigenvalue weighted by Crippen LogP contribution is -2.46. The maximum absolute atomic E-state index is 12.2. The molecule has 0 spiro atoms. The minimum Gasteiger partial charge on any atom is -0.482 e. The van der Waals surface area contributed by atoms with E-state index in [1.165, 1.54) is 6.42 Å². The van der Waals surface area contributed by atoms with Crippen molar-refractivity contribution >= 4 is 11.9 Å². The van der Waals surface area contributed by atoms with E-state index in [1.807, 2.05) is 32.0 Å². The molecule has 138 valence electrons. The van der Waals surface area contributed by atoms with Crippen molar-refractivity contribution in [3.8, 4) is 5.75 Å². The summed E-state index contributed by atoms with van der Waals surface area (Å²) in [5.41, 5.74) is 2.26. The summed E-state index contributed by atoms with van der Waals surface area (Å²) in [6.45, 7) is 7.54. The van der Waals surface area contributed by atoms with Crippen LogP contribution in [-0.2, 0) is 14.3 Å². The number of ether oxygens (including phenoxy) is 2. The highest BCUT2D eigenvalue weighted by molar-refractivity contribution is 5.83. The zero-order valence-electron chi connectivity index (χ0n) is 15.6. The smallest absolute Gasteiger partial charge is 0.344 e. The average molecular weight is 347 g/mol. The minimum absolute atomic E-state index is 0.175.